The molecule has 3 heterocycles. The molecule has 2 fully saturated rings. The van der Waals surface area contributed by atoms with Crippen LogP contribution in [-0.2, 0) is 0 Å². The van der Waals surface area contributed by atoms with Gasteiger partial charge in [0.2, 0.25) is 0 Å². The van der Waals surface area contributed by atoms with Crippen LogP contribution < -0.4 is 10.1 Å². The van der Waals surface area contributed by atoms with Crippen LogP contribution in [0, 0.1) is 5.92 Å². The van der Waals surface area contributed by atoms with Crippen molar-refractivity contribution >= 4 is 17.2 Å². The summed E-state index contributed by atoms with van der Waals surface area (Å²) in [5, 5.41) is 3.23. The minimum Gasteiger partial charge on any atom is -0.497 e. The molecule has 5 heteroatoms. The Kier molecular flexibility index (Phi) is 4.29. The number of methoxy groups -OCH3 is 1. The van der Waals surface area contributed by atoms with Gasteiger partial charge in [0.25, 0.3) is 5.91 Å². The molecule has 1 amide bonds. The minimum atomic E-state index is 0.0623. The van der Waals surface area contributed by atoms with Crippen molar-refractivity contribution in [2.45, 2.75) is 18.9 Å². The van der Waals surface area contributed by atoms with Gasteiger partial charge in [-0.2, -0.15) is 0 Å². The van der Waals surface area contributed by atoms with Gasteiger partial charge in [-0.1, -0.05) is 0 Å². The summed E-state index contributed by atoms with van der Waals surface area (Å²) >= 11 is 1.55. The smallest absolute Gasteiger partial charge is 0.261 e. The molecule has 24 heavy (non-hydrogen) atoms. The number of carbonyl (C=O) groups excluding carboxylic acids is 1. The molecule has 0 spiro atoms. The molecular formula is C19H22N2O2S. The molecule has 2 aromatic rings. The van der Waals surface area contributed by atoms with E-state index < -0.39 is 0 Å². The predicted octanol–water partition coefficient (Wildman–Crippen LogP) is 3.25. The van der Waals surface area contributed by atoms with E-state index in [-0.39, 0.29) is 5.91 Å². The maximum absolute atomic E-state index is 12.6. The molecule has 0 saturated carbocycles. The van der Waals surface area contributed by atoms with Crippen molar-refractivity contribution in [1.82, 2.24) is 10.2 Å². The van der Waals surface area contributed by atoms with E-state index in [0.717, 1.165) is 40.0 Å². The number of rotatable bonds is 4. The molecule has 2 aliphatic heterocycles. The fourth-order valence-electron chi connectivity index (χ4n) is 3.79. The Morgan fingerprint density at radius 3 is 2.79 bits per heavy atom. The zero-order chi connectivity index (χ0) is 16.5. The van der Waals surface area contributed by atoms with Gasteiger partial charge < -0.3 is 15.0 Å². The first-order chi connectivity index (χ1) is 11.7. The van der Waals surface area contributed by atoms with E-state index in [2.05, 4.69) is 10.2 Å². The molecule has 1 N–H and O–H groups in total. The Morgan fingerprint density at radius 2 is 2.04 bits per heavy atom. The van der Waals surface area contributed by atoms with Crippen LogP contribution >= 0.6 is 11.3 Å². The first kappa shape index (κ1) is 15.7. The molecule has 2 bridgehead atoms. The third-order valence-electron chi connectivity index (χ3n) is 5.01. The van der Waals surface area contributed by atoms with Crippen molar-refractivity contribution in [2.24, 2.45) is 5.92 Å². The average Bonchev–Trinajstić information content (AvgIpc) is 3.22. The molecule has 1 aromatic heterocycles. The molecule has 4 rings (SSSR count). The fraction of sp³-hybridized carbons (Fsp3) is 0.421. The number of nitrogens with zero attached hydrogens (tertiary/aromatic N) is 1. The van der Waals surface area contributed by atoms with E-state index in [1.54, 1.807) is 18.4 Å². The van der Waals surface area contributed by atoms with E-state index in [4.69, 9.17) is 4.74 Å². The van der Waals surface area contributed by atoms with Crippen LogP contribution in [0.5, 0.6) is 5.75 Å². The third-order valence-corrected chi connectivity index (χ3v) is 6.14. The molecule has 3 unspecified atom stereocenters. The van der Waals surface area contributed by atoms with Crippen molar-refractivity contribution in [3.8, 4) is 16.2 Å². The van der Waals surface area contributed by atoms with Crippen LogP contribution in [0.15, 0.2) is 36.4 Å². The summed E-state index contributed by atoms with van der Waals surface area (Å²) in [6.45, 7) is 3.41. The van der Waals surface area contributed by atoms with Crippen LogP contribution in [0.2, 0.25) is 0 Å². The standard InChI is InChI=1S/C19H22N2O2S/c1-23-16-4-2-14(3-5-16)17-6-7-18(24-17)19(22)20-15-10-13-8-9-21(11-13)12-15/h2-7,13,15H,8-12H2,1H3,(H,20,22). The average molecular weight is 342 g/mol. The summed E-state index contributed by atoms with van der Waals surface area (Å²) in [6, 6.07) is 12.2. The lowest BCUT2D eigenvalue weighted by Crippen LogP contribution is -2.46. The summed E-state index contributed by atoms with van der Waals surface area (Å²) in [5.41, 5.74) is 1.11. The van der Waals surface area contributed by atoms with Crippen molar-refractivity contribution in [3.63, 3.8) is 0 Å². The molecule has 2 saturated heterocycles. The second kappa shape index (κ2) is 6.57. The van der Waals surface area contributed by atoms with Gasteiger partial charge in [0.15, 0.2) is 0 Å². The fourth-order valence-corrected chi connectivity index (χ4v) is 4.71. The monoisotopic (exact) mass is 342 g/mol. The van der Waals surface area contributed by atoms with Gasteiger partial charge in [0.1, 0.15) is 5.75 Å². The Balaban J connectivity index is 1.42. The number of benzene rings is 1. The van der Waals surface area contributed by atoms with Gasteiger partial charge in [0.05, 0.1) is 12.0 Å². The Morgan fingerprint density at radius 1 is 1.21 bits per heavy atom. The quantitative estimate of drug-likeness (QED) is 0.927. The number of amides is 1. The number of nitrogens with one attached hydrogen (secondary N) is 1. The lowest BCUT2D eigenvalue weighted by atomic mass is 9.97. The second-order valence-corrected chi connectivity index (χ2v) is 7.80. The molecule has 1 aromatic carbocycles. The molecular weight excluding hydrogens is 320 g/mol. The lowest BCUT2D eigenvalue weighted by molar-refractivity contribution is 0.0913. The summed E-state index contributed by atoms with van der Waals surface area (Å²) in [4.78, 5) is 16.9. The van der Waals surface area contributed by atoms with Gasteiger partial charge in [0, 0.05) is 24.0 Å². The summed E-state index contributed by atoms with van der Waals surface area (Å²) in [7, 11) is 1.66. The number of thiophene rings is 1. The molecule has 4 nitrogen and oxygen atoms in total. The molecule has 2 aliphatic rings. The Hall–Kier alpha value is -1.85. The second-order valence-electron chi connectivity index (χ2n) is 6.71. The maximum atomic E-state index is 12.6. The largest absolute Gasteiger partial charge is 0.497 e. The van der Waals surface area contributed by atoms with Crippen LogP contribution in [0.1, 0.15) is 22.5 Å². The van der Waals surface area contributed by atoms with Crippen molar-refractivity contribution < 1.29 is 9.53 Å². The van der Waals surface area contributed by atoms with Crippen molar-refractivity contribution in [1.29, 1.82) is 0 Å². The third kappa shape index (κ3) is 3.19. The van der Waals surface area contributed by atoms with Gasteiger partial charge in [-0.15, -0.1) is 11.3 Å². The van der Waals surface area contributed by atoms with Crippen molar-refractivity contribution in [3.05, 3.63) is 41.3 Å². The zero-order valence-electron chi connectivity index (χ0n) is 13.8. The number of ether oxygens (including phenoxy) is 1. The molecule has 3 atom stereocenters. The first-order valence-electron chi connectivity index (χ1n) is 8.49. The maximum Gasteiger partial charge on any atom is 0.261 e. The van der Waals surface area contributed by atoms with Crippen LogP contribution in [0.3, 0.4) is 0 Å². The normalized spacial score (nSPS) is 25.5. The summed E-state index contributed by atoms with van der Waals surface area (Å²) in [5.74, 6) is 1.67. The summed E-state index contributed by atoms with van der Waals surface area (Å²) < 4.78 is 5.19. The van der Waals surface area contributed by atoms with Gasteiger partial charge in [-0.25, -0.2) is 0 Å². The topological polar surface area (TPSA) is 41.6 Å². The lowest BCUT2D eigenvalue weighted by Gasteiger charge is -2.30. The first-order valence-corrected chi connectivity index (χ1v) is 9.30. The molecule has 0 aliphatic carbocycles. The van der Waals surface area contributed by atoms with E-state index in [9.17, 15) is 4.79 Å². The number of hydrogen-bond acceptors (Lipinski definition) is 4. The summed E-state index contributed by atoms with van der Waals surface area (Å²) in [6.07, 6.45) is 2.41. The number of piperidine rings is 1. The van der Waals surface area contributed by atoms with Crippen molar-refractivity contribution in [2.75, 3.05) is 26.7 Å². The Bertz CT molecular complexity index is 713. The van der Waals surface area contributed by atoms with Crippen LogP contribution in [-0.4, -0.2) is 43.6 Å². The Labute approximate surface area is 146 Å². The van der Waals surface area contributed by atoms with E-state index in [1.807, 2.05) is 36.4 Å². The minimum absolute atomic E-state index is 0.0623. The van der Waals surface area contributed by atoms with E-state index in [1.165, 1.54) is 19.5 Å². The van der Waals surface area contributed by atoms with Gasteiger partial charge in [-0.05, 0) is 67.3 Å². The number of carbonyl (C=O) groups is 1. The SMILES string of the molecule is COc1ccc(-c2ccc(C(=O)NC3CC4CCN(C4)C3)s2)cc1. The molecule has 126 valence electrons. The van der Waals surface area contributed by atoms with Crippen LogP contribution in [0.4, 0.5) is 0 Å². The van der Waals surface area contributed by atoms with Gasteiger partial charge >= 0.3 is 0 Å². The number of fused-ring (bicyclic) bond motifs is 2. The highest BCUT2D eigenvalue weighted by atomic mass is 32.1. The predicted molar refractivity (Wildman–Crippen MR) is 96.7 cm³/mol. The zero-order valence-corrected chi connectivity index (χ0v) is 14.6. The van der Waals surface area contributed by atoms with E-state index >= 15 is 0 Å². The van der Waals surface area contributed by atoms with Gasteiger partial charge in [-0.3, -0.25) is 4.79 Å². The van der Waals surface area contributed by atoms with Crippen LogP contribution in [0.25, 0.3) is 10.4 Å². The van der Waals surface area contributed by atoms with E-state index in [0.29, 0.717) is 6.04 Å². The highest BCUT2D eigenvalue weighted by Gasteiger charge is 2.33. The number of hydrogen-bond donors (Lipinski definition) is 1. The molecule has 0 radical (unpaired) electrons. The highest BCUT2D eigenvalue weighted by molar-refractivity contribution is 7.17. The highest BCUT2D eigenvalue weighted by Crippen LogP contribution is 2.30.